The van der Waals surface area contributed by atoms with Crippen molar-refractivity contribution in [3.05, 3.63) is 35.6 Å². The van der Waals surface area contributed by atoms with Gasteiger partial charge in [0.15, 0.2) is 0 Å². The Kier molecular flexibility index (Phi) is 6.49. The van der Waals surface area contributed by atoms with Crippen LogP contribution in [0.3, 0.4) is 0 Å². The van der Waals surface area contributed by atoms with E-state index in [-0.39, 0.29) is 18.9 Å². The number of hydrogen-bond acceptors (Lipinski definition) is 3. The van der Waals surface area contributed by atoms with Crippen LogP contribution in [0.2, 0.25) is 0 Å². The van der Waals surface area contributed by atoms with Crippen LogP contribution in [-0.2, 0) is 20.8 Å². The van der Waals surface area contributed by atoms with E-state index in [9.17, 15) is 18.8 Å². The number of amides is 2. The molecule has 0 fully saturated rings. The minimum Gasteiger partial charge on any atom is -0.480 e. The fraction of sp³-hybridized carbons (Fsp3) is 0.400. The lowest BCUT2D eigenvalue weighted by molar-refractivity contribution is -0.143. The maximum atomic E-state index is 13.0. The summed E-state index contributed by atoms with van der Waals surface area (Å²) >= 11 is 0. The molecule has 0 aliphatic heterocycles. The predicted molar refractivity (Wildman–Crippen MR) is 77.5 cm³/mol. The number of carboxylic acids is 1. The molecule has 0 radical (unpaired) electrons. The number of carboxylic acid groups (broad SMARTS) is 1. The highest BCUT2D eigenvalue weighted by molar-refractivity contribution is 5.88. The third-order valence-corrected chi connectivity index (χ3v) is 2.95. The normalized spacial score (nSPS) is 11.8. The minimum atomic E-state index is -1.13. The van der Waals surface area contributed by atoms with Gasteiger partial charge in [-0.3, -0.25) is 9.59 Å². The maximum absolute atomic E-state index is 13.0. The van der Waals surface area contributed by atoms with Crippen molar-refractivity contribution in [2.24, 2.45) is 5.92 Å². The molecule has 6 nitrogen and oxygen atoms in total. The zero-order valence-electron chi connectivity index (χ0n) is 12.4. The summed E-state index contributed by atoms with van der Waals surface area (Å²) in [6.07, 6.45) is -0.0580. The highest BCUT2D eigenvalue weighted by Gasteiger charge is 2.23. The van der Waals surface area contributed by atoms with Gasteiger partial charge in [0.1, 0.15) is 11.9 Å². The molecule has 3 N–H and O–H groups in total. The van der Waals surface area contributed by atoms with E-state index in [1.807, 2.05) is 0 Å². The predicted octanol–water partition coefficient (Wildman–Crippen LogP) is 0.710. The van der Waals surface area contributed by atoms with E-state index in [1.54, 1.807) is 19.9 Å². The van der Waals surface area contributed by atoms with Gasteiger partial charge in [0.05, 0.1) is 13.0 Å². The van der Waals surface area contributed by atoms with Crippen LogP contribution < -0.4 is 10.6 Å². The van der Waals surface area contributed by atoms with Crippen LogP contribution in [0.15, 0.2) is 24.3 Å². The van der Waals surface area contributed by atoms with Crippen molar-refractivity contribution in [1.82, 2.24) is 10.6 Å². The Morgan fingerprint density at radius 3 is 2.45 bits per heavy atom. The number of hydrogen-bond donors (Lipinski definition) is 3. The first-order valence-corrected chi connectivity index (χ1v) is 6.83. The van der Waals surface area contributed by atoms with Crippen molar-refractivity contribution in [3.63, 3.8) is 0 Å². The van der Waals surface area contributed by atoms with Gasteiger partial charge in [0.2, 0.25) is 11.8 Å². The molecule has 0 aromatic heterocycles. The van der Waals surface area contributed by atoms with Crippen LogP contribution >= 0.6 is 0 Å². The summed E-state index contributed by atoms with van der Waals surface area (Å²) in [5.41, 5.74) is 0.489. The van der Waals surface area contributed by atoms with Crippen molar-refractivity contribution in [3.8, 4) is 0 Å². The molecule has 120 valence electrons. The Hall–Kier alpha value is -2.44. The van der Waals surface area contributed by atoms with Gasteiger partial charge < -0.3 is 15.7 Å². The minimum absolute atomic E-state index is 0.0580. The quantitative estimate of drug-likeness (QED) is 0.691. The standard InChI is InChI=1S/C15H19FN2O4/c1-9(2)14(15(21)22)18-13(20)8-17-12(19)7-10-4-3-5-11(16)6-10/h3-6,9,14H,7-8H2,1-2H3,(H,17,19)(H,18,20)(H,21,22). The fourth-order valence-corrected chi connectivity index (χ4v) is 1.81. The van der Waals surface area contributed by atoms with Gasteiger partial charge in [0.25, 0.3) is 0 Å². The van der Waals surface area contributed by atoms with Crippen LogP contribution in [-0.4, -0.2) is 35.5 Å². The van der Waals surface area contributed by atoms with Gasteiger partial charge in [-0.1, -0.05) is 26.0 Å². The summed E-state index contributed by atoms with van der Waals surface area (Å²) < 4.78 is 13.0. The Balaban J connectivity index is 2.43. The van der Waals surface area contributed by atoms with Crippen LogP contribution in [0.4, 0.5) is 4.39 Å². The third-order valence-electron chi connectivity index (χ3n) is 2.95. The van der Waals surface area contributed by atoms with Crippen molar-refractivity contribution < 1.29 is 23.9 Å². The molecule has 1 aromatic carbocycles. The highest BCUT2D eigenvalue weighted by Crippen LogP contribution is 2.04. The van der Waals surface area contributed by atoms with Crippen LogP contribution in [0, 0.1) is 11.7 Å². The first kappa shape index (κ1) is 17.6. The molecule has 0 spiro atoms. The van der Waals surface area contributed by atoms with E-state index >= 15 is 0 Å². The monoisotopic (exact) mass is 310 g/mol. The van der Waals surface area contributed by atoms with Crippen LogP contribution in [0.25, 0.3) is 0 Å². The average molecular weight is 310 g/mol. The Morgan fingerprint density at radius 2 is 1.91 bits per heavy atom. The lowest BCUT2D eigenvalue weighted by Gasteiger charge is -2.17. The Labute approximate surface area is 127 Å². The second-order valence-corrected chi connectivity index (χ2v) is 5.21. The van der Waals surface area contributed by atoms with Gasteiger partial charge >= 0.3 is 5.97 Å². The SMILES string of the molecule is CC(C)C(NC(=O)CNC(=O)Cc1cccc(F)c1)C(=O)O. The molecule has 2 amide bonds. The van der Waals surface area contributed by atoms with E-state index in [4.69, 9.17) is 5.11 Å². The zero-order chi connectivity index (χ0) is 16.7. The molecular weight excluding hydrogens is 291 g/mol. The first-order chi connectivity index (χ1) is 10.3. The Bertz CT molecular complexity index is 560. The lowest BCUT2D eigenvalue weighted by atomic mass is 10.1. The van der Waals surface area contributed by atoms with Gasteiger partial charge in [-0.2, -0.15) is 0 Å². The molecule has 1 rings (SSSR count). The van der Waals surface area contributed by atoms with E-state index in [0.29, 0.717) is 5.56 Å². The van der Waals surface area contributed by atoms with Gasteiger partial charge in [0, 0.05) is 0 Å². The van der Waals surface area contributed by atoms with E-state index in [1.165, 1.54) is 18.2 Å². The highest BCUT2D eigenvalue weighted by atomic mass is 19.1. The maximum Gasteiger partial charge on any atom is 0.326 e. The largest absolute Gasteiger partial charge is 0.480 e. The zero-order valence-corrected chi connectivity index (χ0v) is 12.4. The lowest BCUT2D eigenvalue weighted by Crippen LogP contribution is -2.48. The molecule has 0 saturated heterocycles. The molecule has 0 aliphatic carbocycles. The summed E-state index contributed by atoms with van der Waals surface area (Å²) in [6.45, 7) is 3.01. The Morgan fingerprint density at radius 1 is 1.23 bits per heavy atom. The number of benzene rings is 1. The van der Waals surface area contributed by atoms with E-state index in [0.717, 1.165) is 0 Å². The first-order valence-electron chi connectivity index (χ1n) is 6.83. The summed E-state index contributed by atoms with van der Waals surface area (Å²) in [5, 5.41) is 13.7. The topological polar surface area (TPSA) is 95.5 Å². The molecule has 1 unspecified atom stereocenters. The fourth-order valence-electron chi connectivity index (χ4n) is 1.81. The molecule has 0 aliphatic rings. The number of carbonyl (C=O) groups excluding carboxylic acids is 2. The second-order valence-electron chi connectivity index (χ2n) is 5.21. The molecule has 1 aromatic rings. The van der Waals surface area contributed by atoms with Crippen molar-refractivity contribution in [2.75, 3.05) is 6.54 Å². The molecule has 22 heavy (non-hydrogen) atoms. The average Bonchev–Trinajstić information content (AvgIpc) is 2.42. The smallest absolute Gasteiger partial charge is 0.326 e. The number of aliphatic carboxylic acids is 1. The van der Waals surface area contributed by atoms with Crippen LogP contribution in [0.1, 0.15) is 19.4 Å². The molecule has 7 heteroatoms. The summed E-state index contributed by atoms with van der Waals surface area (Å²) in [7, 11) is 0. The molecule has 1 atom stereocenters. The summed E-state index contributed by atoms with van der Waals surface area (Å²) in [6, 6.07) is 4.59. The van der Waals surface area contributed by atoms with Crippen LogP contribution in [0.5, 0.6) is 0 Å². The summed E-state index contributed by atoms with van der Waals surface area (Å²) in [4.78, 5) is 34.2. The molecule has 0 heterocycles. The number of rotatable bonds is 7. The molecular formula is C15H19FN2O4. The third kappa shape index (κ3) is 5.90. The van der Waals surface area contributed by atoms with E-state index in [2.05, 4.69) is 10.6 Å². The van der Waals surface area contributed by atoms with Crippen molar-refractivity contribution >= 4 is 17.8 Å². The van der Waals surface area contributed by atoms with Crippen molar-refractivity contribution in [2.45, 2.75) is 26.3 Å². The molecule has 0 bridgehead atoms. The van der Waals surface area contributed by atoms with Gasteiger partial charge in [-0.15, -0.1) is 0 Å². The molecule has 0 saturated carbocycles. The number of halogens is 1. The second kappa shape index (κ2) is 8.11. The summed E-state index contributed by atoms with van der Waals surface area (Å²) in [5.74, 6) is -2.88. The van der Waals surface area contributed by atoms with Crippen molar-refractivity contribution in [1.29, 1.82) is 0 Å². The number of carbonyl (C=O) groups is 3. The van der Waals surface area contributed by atoms with E-state index < -0.39 is 29.6 Å². The van der Waals surface area contributed by atoms with Gasteiger partial charge in [-0.25, -0.2) is 9.18 Å². The number of nitrogens with one attached hydrogen (secondary N) is 2. The van der Waals surface area contributed by atoms with Gasteiger partial charge in [-0.05, 0) is 23.6 Å².